The van der Waals surface area contributed by atoms with Crippen molar-refractivity contribution in [3.63, 3.8) is 0 Å². The zero-order chi connectivity index (χ0) is 14.7. The maximum absolute atomic E-state index is 13.5. The minimum Gasteiger partial charge on any atom is -0.207 e. The minimum atomic E-state index is -0.180. The maximum atomic E-state index is 13.5. The summed E-state index contributed by atoms with van der Waals surface area (Å²) in [6.07, 6.45) is 1.14. The molecule has 0 saturated heterocycles. The number of benzene rings is 2. The molecule has 0 bridgehead atoms. The molecule has 0 aliphatic heterocycles. The average Bonchev–Trinajstić information content (AvgIpc) is 2.45. The van der Waals surface area contributed by atoms with Crippen molar-refractivity contribution >= 4 is 15.9 Å². The fourth-order valence-corrected chi connectivity index (χ4v) is 2.90. The quantitative estimate of drug-likeness (QED) is 0.590. The number of alkyl halides is 1. The molecule has 0 N–H and O–H groups in total. The molecular formula is C18H20BrF. The van der Waals surface area contributed by atoms with Crippen molar-refractivity contribution < 1.29 is 4.39 Å². The highest BCUT2D eigenvalue weighted by atomic mass is 79.9. The fraction of sp³-hybridized carbons (Fsp3) is 0.333. The van der Waals surface area contributed by atoms with Crippen LogP contribution < -0.4 is 0 Å². The largest absolute Gasteiger partial charge is 0.207 e. The molecule has 20 heavy (non-hydrogen) atoms. The molecule has 0 nitrogen and oxygen atoms in total. The highest BCUT2D eigenvalue weighted by Crippen LogP contribution is 2.32. The van der Waals surface area contributed by atoms with Gasteiger partial charge in [0.05, 0.1) is 4.83 Å². The van der Waals surface area contributed by atoms with Crippen LogP contribution in [0.15, 0.2) is 42.5 Å². The first kappa shape index (κ1) is 15.2. The summed E-state index contributed by atoms with van der Waals surface area (Å²) < 4.78 is 13.5. The van der Waals surface area contributed by atoms with Gasteiger partial charge in [-0.3, -0.25) is 0 Å². The molecule has 2 heteroatoms. The van der Waals surface area contributed by atoms with Gasteiger partial charge in [0.25, 0.3) is 0 Å². The van der Waals surface area contributed by atoms with Crippen molar-refractivity contribution in [2.75, 3.05) is 0 Å². The van der Waals surface area contributed by atoms with Crippen LogP contribution in [0.5, 0.6) is 0 Å². The molecule has 0 spiro atoms. The Balaban J connectivity index is 2.26. The van der Waals surface area contributed by atoms with Gasteiger partial charge in [-0.1, -0.05) is 60.1 Å². The first-order valence-corrected chi connectivity index (χ1v) is 7.94. The van der Waals surface area contributed by atoms with Crippen LogP contribution in [-0.2, 0) is 0 Å². The van der Waals surface area contributed by atoms with Crippen LogP contribution in [0.3, 0.4) is 0 Å². The summed E-state index contributed by atoms with van der Waals surface area (Å²) in [6, 6.07) is 13.8. The van der Waals surface area contributed by atoms with E-state index in [-0.39, 0.29) is 10.6 Å². The number of aryl methyl sites for hydroxylation is 1. The third-order valence-electron chi connectivity index (χ3n) is 3.77. The molecule has 2 aromatic carbocycles. The van der Waals surface area contributed by atoms with Crippen molar-refractivity contribution in [2.45, 2.75) is 37.9 Å². The molecule has 2 aromatic rings. The third kappa shape index (κ3) is 3.49. The van der Waals surface area contributed by atoms with E-state index in [2.05, 4.69) is 54.0 Å². The smallest absolute Gasteiger partial charge is 0.123 e. The van der Waals surface area contributed by atoms with Crippen LogP contribution in [-0.4, -0.2) is 0 Å². The van der Waals surface area contributed by atoms with Crippen LogP contribution in [0.4, 0.5) is 4.39 Å². The van der Waals surface area contributed by atoms with Gasteiger partial charge < -0.3 is 0 Å². The number of hydrogen-bond acceptors (Lipinski definition) is 0. The second-order valence-corrected chi connectivity index (χ2v) is 6.32. The Morgan fingerprint density at radius 2 is 1.60 bits per heavy atom. The first-order chi connectivity index (χ1) is 9.51. The van der Waals surface area contributed by atoms with E-state index >= 15 is 0 Å². The lowest BCUT2D eigenvalue weighted by Crippen LogP contribution is -1.96. The predicted molar refractivity (Wildman–Crippen MR) is 87.1 cm³/mol. The van der Waals surface area contributed by atoms with Gasteiger partial charge in [-0.2, -0.15) is 0 Å². The highest BCUT2D eigenvalue weighted by molar-refractivity contribution is 9.09. The van der Waals surface area contributed by atoms with E-state index in [1.165, 1.54) is 5.56 Å². The van der Waals surface area contributed by atoms with Crippen molar-refractivity contribution in [1.29, 1.82) is 0 Å². The minimum absolute atomic E-state index is 0.0304. The lowest BCUT2D eigenvalue weighted by molar-refractivity contribution is 0.624. The summed E-state index contributed by atoms with van der Waals surface area (Å²) in [5, 5.41) is 0. The molecule has 106 valence electrons. The molecule has 2 atom stereocenters. The van der Waals surface area contributed by atoms with E-state index in [9.17, 15) is 4.39 Å². The van der Waals surface area contributed by atoms with Gasteiger partial charge in [0.15, 0.2) is 0 Å². The number of rotatable bonds is 4. The average molecular weight is 335 g/mol. The van der Waals surface area contributed by atoms with Crippen LogP contribution in [0, 0.1) is 12.7 Å². The molecule has 0 amide bonds. The first-order valence-electron chi connectivity index (χ1n) is 7.02. The zero-order valence-electron chi connectivity index (χ0n) is 12.2. The van der Waals surface area contributed by atoms with Gasteiger partial charge in [0.1, 0.15) is 5.82 Å². The Bertz CT molecular complexity index is 554. The summed E-state index contributed by atoms with van der Waals surface area (Å²) in [5.74, 6) is 0.398. The summed E-state index contributed by atoms with van der Waals surface area (Å²) >= 11 is 3.67. The Morgan fingerprint density at radius 3 is 2.15 bits per heavy atom. The SMILES string of the molecule is CCC(C)c1ccc(C(Br)c2cc(C)cc(F)c2)cc1. The second-order valence-electron chi connectivity index (χ2n) is 5.40. The van der Waals surface area contributed by atoms with Crippen LogP contribution in [0.2, 0.25) is 0 Å². The monoisotopic (exact) mass is 334 g/mol. The van der Waals surface area contributed by atoms with E-state index in [4.69, 9.17) is 0 Å². The van der Waals surface area contributed by atoms with E-state index < -0.39 is 0 Å². The molecule has 0 radical (unpaired) electrons. The Kier molecular flexibility index (Phi) is 4.98. The van der Waals surface area contributed by atoms with E-state index in [0.717, 1.165) is 23.1 Å². The molecule has 2 rings (SSSR count). The van der Waals surface area contributed by atoms with E-state index in [0.29, 0.717) is 5.92 Å². The summed E-state index contributed by atoms with van der Waals surface area (Å²) in [6.45, 7) is 6.34. The van der Waals surface area contributed by atoms with Gasteiger partial charge in [-0.25, -0.2) is 4.39 Å². The molecule has 0 saturated carbocycles. The molecule has 0 fully saturated rings. The standard InChI is InChI=1S/C18H20BrF/c1-4-13(3)14-5-7-15(8-6-14)18(19)16-9-12(2)10-17(20)11-16/h5-11,13,18H,4H2,1-3H3. The molecule has 0 aliphatic carbocycles. The van der Waals surface area contributed by atoms with Crippen LogP contribution >= 0.6 is 15.9 Å². The topological polar surface area (TPSA) is 0 Å². The van der Waals surface area contributed by atoms with Gasteiger partial charge in [-0.05, 0) is 53.6 Å². The fourth-order valence-electron chi connectivity index (χ4n) is 2.33. The normalized spacial score (nSPS) is 14.1. The molecule has 2 unspecified atom stereocenters. The number of halogens is 2. The van der Waals surface area contributed by atoms with Crippen molar-refractivity contribution in [3.05, 3.63) is 70.5 Å². The van der Waals surface area contributed by atoms with Crippen molar-refractivity contribution in [1.82, 2.24) is 0 Å². The summed E-state index contributed by atoms with van der Waals surface area (Å²) in [7, 11) is 0. The zero-order valence-corrected chi connectivity index (χ0v) is 13.7. The van der Waals surface area contributed by atoms with Gasteiger partial charge in [-0.15, -0.1) is 0 Å². The van der Waals surface area contributed by atoms with Crippen LogP contribution in [0.1, 0.15) is 53.3 Å². The maximum Gasteiger partial charge on any atom is 0.123 e. The lowest BCUT2D eigenvalue weighted by atomic mass is 9.95. The Morgan fingerprint density at radius 1 is 1.00 bits per heavy atom. The molecule has 0 heterocycles. The van der Waals surface area contributed by atoms with Crippen molar-refractivity contribution in [2.24, 2.45) is 0 Å². The van der Waals surface area contributed by atoms with E-state index in [1.54, 1.807) is 12.1 Å². The molecule has 0 aromatic heterocycles. The molecule has 0 aliphatic rings. The Hall–Kier alpha value is -1.15. The van der Waals surface area contributed by atoms with Gasteiger partial charge in [0, 0.05) is 0 Å². The lowest BCUT2D eigenvalue weighted by Gasteiger charge is -2.14. The Labute approximate surface area is 129 Å². The van der Waals surface area contributed by atoms with Gasteiger partial charge in [0.2, 0.25) is 0 Å². The predicted octanol–water partition coefficient (Wildman–Crippen LogP) is 6.13. The van der Waals surface area contributed by atoms with Crippen LogP contribution in [0.25, 0.3) is 0 Å². The highest BCUT2D eigenvalue weighted by Gasteiger charge is 2.12. The summed E-state index contributed by atoms with van der Waals surface area (Å²) in [5.41, 5.74) is 4.41. The summed E-state index contributed by atoms with van der Waals surface area (Å²) in [4.78, 5) is 0.0304. The second kappa shape index (κ2) is 6.53. The van der Waals surface area contributed by atoms with E-state index in [1.807, 2.05) is 13.0 Å². The molecular weight excluding hydrogens is 315 g/mol. The van der Waals surface area contributed by atoms with Gasteiger partial charge >= 0.3 is 0 Å². The third-order valence-corrected chi connectivity index (χ3v) is 4.82. The van der Waals surface area contributed by atoms with Crippen molar-refractivity contribution in [3.8, 4) is 0 Å². The number of hydrogen-bond donors (Lipinski definition) is 0.